The van der Waals surface area contributed by atoms with Crippen molar-refractivity contribution in [3.05, 3.63) is 71.2 Å². The molecule has 0 spiro atoms. The second-order valence-electron chi connectivity index (χ2n) is 7.15. The van der Waals surface area contributed by atoms with E-state index in [-0.39, 0.29) is 6.10 Å². The van der Waals surface area contributed by atoms with Crippen LogP contribution in [0.25, 0.3) is 11.3 Å². The van der Waals surface area contributed by atoms with E-state index in [9.17, 15) is 4.79 Å². The van der Waals surface area contributed by atoms with Gasteiger partial charge in [-0.2, -0.15) is 0 Å². The first kappa shape index (κ1) is 19.0. The first-order valence-electron chi connectivity index (χ1n) is 9.55. The highest BCUT2D eigenvalue weighted by molar-refractivity contribution is 5.93. The average molecular weight is 389 g/mol. The summed E-state index contributed by atoms with van der Waals surface area (Å²) >= 11 is 0. The Kier molecular flexibility index (Phi) is 5.22. The maximum atomic E-state index is 11.3. The molecule has 3 aromatic rings. The highest BCUT2D eigenvalue weighted by atomic mass is 16.5. The van der Waals surface area contributed by atoms with Gasteiger partial charge in [0, 0.05) is 29.1 Å². The molecule has 1 saturated heterocycles. The summed E-state index contributed by atoms with van der Waals surface area (Å²) in [6.07, 6.45) is -0.169. The lowest BCUT2D eigenvalue weighted by Gasteiger charge is -2.33. The number of hydrogen-bond donors (Lipinski definition) is 1. The van der Waals surface area contributed by atoms with Crippen LogP contribution in [0.2, 0.25) is 0 Å². The van der Waals surface area contributed by atoms with E-state index in [0.717, 1.165) is 40.8 Å². The first-order chi connectivity index (χ1) is 14.0. The zero-order valence-electron chi connectivity index (χ0n) is 16.5. The number of aryl methyl sites for hydroxylation is 2. The lowest BCUT2D eigenvalue weighted by molar-refractivity contribution is 0.0365. The Bertz CT molecular complexity index is 1020. The molecule has 0 aliphatic carbocycles. The predicted molar refractivity (Wildman–Crippen MR) is 111 cm³/mol. The SMILES string of the molecule is Cc1cc(C)nc(N2CCO[C@H](c3cccc(-c4ccc(C(N)=O)cc4)n3)C2)n1. The van der Waals surface area contributed by atoms with Crippen LogP contribution in [0.5, 0.6) is 0 Å². The molecule has 7 nitrogen and oxygen atoms in total. The minimum absolute atomic E-state index is 0.169. The van der Waals surface area contributed by atoms with E-state index in [4.69, 9.17) is 15.5 Å². The Balaban J connectivity index is 1.56. The van der Waals surface area contributed by atoms with Crippen molar-refractivity contribution in [1.29, 1.82) is 0 Å². The summed E-state index contributed by atoms with van der Waals surface area (Å²) in [5.74, 6) is 0.288. The standard InChI is InChI=1S/C22H23N5O2/c1-14-12-15(2)25-22(24-14)27-10-11-29-20(13-27)19-5-3-4-18(26-19)16-6-8-17(9-7-16)21(23)28/h3-9,12,20H,10-11,13H2,1-2H3,(H2,23,28)/t20-/m0/s1. The molecule has 0 unspecified atom stereocenters. The van der Waals surface area contributed by atoms with Crippen LogP contribution in [0.1, 0.15) is 33.5 Å². The maximum Gasteiger partial charge on any atom is 0.248 e. The summed E-state index contributed by atoms with van der Waals surface area (Å²) in [6, 6.07) is 15.0. The molecule has 0 saturated carbocycles. The number of anilines is 1. The predicted octanol–water partition coefficient (Wildman–Crippen LogP) is 2.83. The minimum Gasteiger partial charge on any atom is -0.368 e. The number of amides is 1. The highest BCUT2D eigenvalue weighted by Crippen LogP contribution is 2.26. The number of benzene rings is 1. The summed E-state index contributed by atoms with van der Waals surface area (Å²) in [4.78, 5) is 27.4. The number of aromatic nitrogens is 3. The van der Waals surface area contributed by atoms with Gasteiger partial charge in [0.25, 0.3) is 0 Å². The number of carbonyl (C=O) groups is 1. The minimum atomic E-state index is -0.442. The third kappa shape index (κ3) is 4.25. The quantitative estimate of drug-likeness (QED) is 0.737. The second kappa shape index (κ2) is 7.97. The summed E-state index contributed by atoms with van der Waals surface area (Å²) < 4.78 is 6.00. The number of ether oxygens (including phenoxy) is 1. The van der Waals surface area contributed by atoms with E-state index in [2.05, 4.69) is 14.9 Å². The number of morpholine rings is 1. The van der Waals surface area contributed by atoms with E-state index >= 15 is 0 Å². The first-order valence-corrected chi connectivity index (χ1v) is 9.55. The molecule has 4 rings (SSSR count). The molecular weight excluding hydrogens is 366 g/mol. The van der Waals surface area contributed by atoms with Crippen LogP contribution in [0.15, 0.2) is 48.5 Å². The Morgan fingerprint density at radius 1 is 1.07 bits per heavy atom. The van der Waals surface area contributed by atoms with Gasteiger partial charge < -0.3 is 15.4 Å². The molecule has 1 aliphatic rings. The van der Waals surface area contributed by atoms with Crippen molar-refractivity contribution >= 4 is 11.9 Å². The number of nitrogens with zero attached hydrogens (tertiary/aromatic N) is 4. The van der Waals surface area contributed by atoms with Crippen LogP contribution in [0.4, 0.5) is 5.95 Å². The molecule has 1 atom stereocenters. The Hall–Kier alpha value is -3.32. The van der Waals surface area contributed by atoms with Gasteiger partial charge in [-0.05, 0) is 44.2 Å². The molecule has 1 amide bonds. The number of rotatable bonds is 4. The van der Waals surface area contributed by atoms with Crippen LogP contribution in [0, 0.1) is 13.8 Å². The molecule has 1 aliphatic heterocycles. The van der Waals surface area contributed by atoms with Crippen LogP contribution in [-0.2, 0) is 4.74 Å². The van der Waals surface area contributed by atoms with Gasteiger partial charge in [-0.15, -0.1) is 0 Å². The number of pyridine rings is 1. The van der Waals surface area contributed by atoms with Gasteiger partial charge in [-0.3, -0.25) is 4.79 Å². The molecule has 1 aromatic carbocycles. The second-order valence-corrected chi connectivity index (χ2v) is 7.15. The fourth-order valence-electron chi connectivity index (χ4n) is 3.46. The zero-order chi connectivity index (χ0) is 20.4. The Labute approximate surface area is 169 Å². The van der Waals surface area contributed by atoms with E-state index < -0.39 is 5.91 Å². The number of carbonyl (C=O) groups excluding carboxylic acids is 1. The number of primary amides is 1. The van der Waals surface area contributed by atoms with Gasteiger partial charge in [0.1, 0.15) is 6.10 Å². The van der Waals surface area contributed by atoms with Gasteiger partial charge in [0.15, 0.2) is 0 Å². The van der Waals surface area contributed by atoms with Crippen LogP contribution >= 0.6 is 0 Å². The maximum absolute atomic E-state index is 11.3. The molecule has 148 valence electrons. The molecule has 3 heterocycles. The largest absolute Gasteiger partial charge is 0.368 e. The Morgan fingerprint density at radius 3 is 2.48 bits per heavy atom. The van der Waals surface area contributed by atoms with Gasteiger partial charge in [0.2, 0.25) is 11.9 Å². The summed E-state index contributed by atoms with van der Waals surface area (Å²) in [5, 5.41) is 0. The Morgan fingerprint density at radius 2 is 1.79 bits per heavy atom. The van der Waals surface area contributed by atoms with Crippen LogP contribution in [0.3, 0.4) is 0 Å². The molecule has 29 heavy (non-hydrogen) atoms. The van der Waals surface area contributed by atoms with E-state index in [0.29, 0.717) is 18.7 Å². The third-order valence-electron chi connectivity index (χ3n) is 4.89. The zero-order valence-corrected chi connectivity index (χ0v) is 16.5. The molecule has 0 bridgehead atoms. The summed E-state index contributed by atoms with van der Waals surface area (Å²) in [5.41, 5.74) is 10.3. The van der Waals surface area contributed by atoms with Crippen molar-refractivity contribution in [2.75, 3.05) is 24.6 Å². The van der Waals surface area contributed by atoms with Crippen molar-refractivity contribution < 1.29 is 9.53 Å². The van der Waals surface area contributed by atoms with E-state index in [1.54, 1.807) is 12.1 Å². The molecule has 7 heteroatoms. The van der Waals surface area contributed by atoms with Crippen LogP contribution < -0.4 is 10.6 Å². The summed E-state index contributed by atoms with van der Waals surface area (Å²) in [6.45, 7) is 5.92. The molecule has 1 fully saturated rings. The van der Waals surface area contributed by atoms with E-state index in [1.165, 1.54) is 0 Å². The van der Waals surface area contributed by atoms with Crippen molar-refractivity contribution in [3.63, 3.8) is 0 Å². The highest BCUT2D eigenvalue weighted by Gasteiger charge is 2.25. The van der Waals surface area contributed by atoms with Gasteiger partial charge in [-0.25, -0.2) is 15.0 Å². The normalized spacial score (nSPS) is 16.6. The van der Waals surface area contributed by atoms with Crippen molar-refractivity contribution in [3.8, 4) is 11.3 Å². The molecule has 2 N–H and O–H groups in total. The molecule has 2 aromatic heterocycles. The van der Waals surface area contributed by atoms with Gasteiger partial charge in [0.05, 0.1) is 24.5 Å². The van der Waals surface area contributed by atoms with Crippen molar-refractivity contribution in [2.24, 2.45) is 5.73 Å². The smallest absolute Gasteiger partial charge is 0.248 e. The topological polar surface area (TPSA) is 94.2 Å². The van der Waals surface area contributed by atoms with Gasteiger partial charge in [-0.1, -0.05) is 18.2 Å². The third-order valence-corrected chi connectivity index (χ3v) is 4.89. The van der Waals surface area contributed by atoms with Crippen molar-refractivity contribution in [1.82, 2.24) is 15.0 Å². The average Bonchev–Trinajstić information content (AvgIpc) is 2.73. The molecular formula is C22H23N5O2. The fourth-order valence-corrected chi connectivity index (χ4v) is 3.46. The number of nitrogens with two attached hydrogens (primary N) is 1. The summed E-state index contributed by atoms with van der Waals surface area (Å²) in [7, 11) is 0. The number of hydrogen-bond acceptors (Lipinski definition) is 6. The van der Waals surface area contributed by atoms with E-state index in [1.807, 2.05) is 50.2 Å². The van der Waals surface area contributed by atoms with Gasteiger partial charge >= 0.3 is 0 Å². The fraction of sp³-hybridized carbons (Fsp3) is 0.273. The van der Waals surface area contributed by atoms with Crippen molar-refractivity contribution in [2.45, 2.75) is 20.0 Å². The van der Waals surface area contributed by atoms with Crippen LogP contribution in [-0.4, -0.2) is 40.6 Å². The molecule has 0 radical (unpaired) electrons. The lowest BCUT2D eigenvalue weighted by atomic mass is 10.1. The monoisotopic (exact) mass is 389 g/mol. The lowest BCUT2D eigenvalue weighted by Crippen LogP contribution is -2.39.